The van der Waals surface area contributed by atoms with Crippen LogP contribution in [-0.2, 0) is 26.5 Å². The lowest BCUT2D eigenvalue weighted by molar-refractivity contribution is 0.0590. The van der Waals surface area contributed by atoms with Gasteiger partial charge in [-0.05, 0) is 18.9 Å². The fourth-order valence-corrected chi connectivity index (χ4v) is 3.86. The molecule has 9 heteroatoms. The fraction of sp³-hybridized carbons (Fsp3) is 0.643. The molecule has 1 fully saturated rings. The van der Waals surface area contributed by atoms with Gasteiger partial charge in [0.25, 0.3) is 0 Å². The van der Waals surface area contributed by atoms with Crippen molar-refractivity contribution < 1.29 is 27.8 Å². The Bertz CT molecular complexity index is 661. The van der Waals surface area contributed by atoms with Crippen LogP contribution in [0.15, 0.2) is 17.2 Å². The molecule has 1 aliphatic rings. The Morgan fingerprint density at radius 1 is 1.57 bits per heavy atom. The highest BCUT2D eigenvalue weighted by Crippen LogP contribution is 2.32. The van der Waals surface area contributed by atoms with E-state index >= 15 is 0 Å². The molecule has 1 aromatic heterocycles. The van der Waals surface area contributed by atoms with Crippen molar-refractivity contribution in [3.63, 3.8) is 0 Å². The zero-order chi connectivity index (χ0) is 17.1. The minimum Gasteiger partial charge on any atom is -0.464 e. The van der Waals surface area contributed by atoms with Crippen LogP contribution in [0.1, 0.15) is 23.3 Å². The molecule has 1 aliphatic heterocycles. The van der Waals surface area contributed by atoms with Gasteiger partial charge in [-0.1, -0.05) is 0 Å². The molecule has 1 aromatic rings. The second-order valence-electron chi connectivity index (χ2n) is 5.76. The molecule has 8 nitrogen and oxygen atoms in total. The summed E-state index contributed by atoms with van der Waals surface area (Å²) in [6.45, 7) is 1.12. The standard InChI is InChI=1S/C14H22N2O6S/c1-16-8-11(7-12(16)13(18)21-2)23(19,20)15-9-14(3-5-17)4-6-22-10-14/h7-8,15,17H,3-6,9-10H2,1-2H3/t14-/m0/s1. The highest BCUT2D eigenvalue weighted by atomic mass is 32.2. The number of aliphatic hydroxyl groups excluding tert-OH is 1. The minimum atomic E-state index is -3.76. The summed E-state index contributed by atoms with van der Waals surface area (Å²) >= 11 is 0. The SMILES string of the molecule is COC(=O)c1cc(S(=O)(=O)NC[C@]2(CCO)CCOC2)cn1C. The maximum atomic E-state index is 12.4. The first-order valence-corrected chi connectivity index (χ1v) is 8.75. The molecule has 2 heterocycles. The molecule has 130 valence electrons. The number of carbonyl (C=O) groups excluding carboxylic acids is 1. The molecule has 23 heavy (non-hydrogen) atoms. The van der Waals surface area contributed by atoms with Crippen molar-refractivity contribution in [1.82, 2.24) is 9.29 Å². The van der Waals surface area contributed by atoms with Crippen molar-refractivity contribution in [1.29, 1.82) is 0 Å². The molecule has 0 bridgehead atoms. The Labute approximate surface area is 135 Å². The van der Waals surface area contributed by atoms with Gasteiger partial charge in [0.05, 0.1) is 13.7 Å². The number of aromatic nitrogens is 1. The lowest BCUT2D eigenvalue weighted by Gasteiger charge is -2.26. The number of carbonyl (C=O) groups is 1. The van der Waals surface area contributed by atoms with Crippen LogP contribution in [0.3, 0.4) is 0 Å². The second kappa shape index (κ2) is 7.00. The van der Waals surface area contributed by atoms with E-state index in [4.69, 9.17) is 4.74 Å². The number of nitrogens with one attached hydrogen (secondary N) is 1. The molecule has 0 aromatic carbocycles. The van der Waals surface area contributed by atoms with E-state index in [9.17, 15) is 18.3 Å². The van der Waals surface area contributed by atoms with E-state index in [1.54, 1.807) is 7.05 Å². The van der Waals surface area contributed by atoms with Crippen molar-refractivity contribution in [2.24, 2.45) is 12.5 Å². The first kappa shape index (κ1) is 17.9. The van der Waals surface area contributed by atoms with Crippen LogP contribution >= 0.6 is 0 Å². The van der Waals surface area contributed by atoms with Gasteiger partial charge in [-0.15, -0.1) is 0 Å². The Hall–Kier alpha value is -1.42. The fourth-order valence-electron chi connectivity index (χ4n) is 2.63. The third-order valence-corrected chi connectivity index (χ3v) is 5.52. The van der Waals surface area contributed by atoms with Crippen molar-refractivity contribution >= 4 is 16.0 Å². The Balaban J connectivity index is 2.14. The van der Waals surface area contributed by atoms with Crippen molar-refractivity contribution in [2.75, 3.05) is 33.5 Å². The molecule has 0 aliphatic carbocycles. The zero-order valence-electron chi connectivity index (χ0n) is 13.2. The van der Waals surface area contributed by atoms with Crippen LogP contribution in [0.2, 0.25) is 0 Å². The van der Waals surface area contributed by atoms with Crippen LogP contribution in [0, 0.1) is 5.41 Å². The van der Waals surface area contributed by atoms with Gasteiger partial charge in [0, 0.05) is 38.4 Å². The summed E-state index contributed by atoms with van der Waals surface area (Å²) in [7, 11) is -0.954. The smallest absolute Gasteiger partial charge is 0.354 e. The number of methoxy groups -OCH3 is 1. The molecule has 0 spiro atoms. The molecular weight excluding hydrogens is 324 g/mol. The van der Waals surface area contributed by atoms with Gasteiger partial charge in [0.15, 0.2) is 0 Å². The summed E-state index contributed by atoms with van der Waals surface area (Å²) < 4.78 is 38.8. The summed E-state index contributed by atoms with van der Waals surface area (Å²) in [6.07, 6.45) is 2.52. The highest BCUT2D eigenvalue weighted by Gasteiger charge is 2.36. The van der Waals surface area contributed by atoms with Gasteiger partial charge in [0.1, 0.15) is 10.6 Å². The number of rotatable bonds is 7. The van der Waals surface area contributed by atoms with Gasteiger partial charge in [-0.2, -0.15) is 0 Å². The minimum absolute atomic E-state index is 0.00142. The van der Waals surface area contributed by atoms with E-state index in [-0.39, 0.29) is 29.2 Å². The third kappa shape index (κ3) is 3.92. The average Bonchev–Trinajstić information content (AvgIpc) is 3.13. The van der Waals surface area contributed by atoms with E-state index in [1.807, 2.05) is 0 Å². The van der Waals surface area contributed by atoms with Crippen LogP contribution in [0.4, 0.5) is 0 Å². The van der Waals surface area contributed by atoms with E-state index < -0.39 is 16.0 Å². The topological polar surface area (TPSA) is 107 Å². The largest absolute Gasteiger partial charge is 0.464 e. The molecule has 2 N–H and O–H groups in total. The summed E-state index contributed by atoms with van der Waals surface area (Å²) in [5, 5.41) is 9.18. The number of ether oxygens (including phenoxy) is 2. The lowest BCUT2D eigenvalue weighted by atomic mass is 9.84. The quantitative estimate of drug-likeness (QED) is 0.667. The Morgan fingerprint density at radius 2 is 2.30 bits per heavy atom. The molecule has 0 radical (unpaired) electrons. The van der Waals surface area contributed by atoms with Crippen LogP contribution < -0.4 is 4.72 Å². The van der Waals surface area contributed by atoms with Gasteiger partial charge in [-0.25, -0.2) is 17.9 Å². The average molecular weight is 346 g/mol. The lowest BCUT2D eigenvalue weighted by Crippen LogP contribution is -2.38. The maximum Gasteiger partial charge on any atom is 0.354 e. The predicted molar refractivity (Wildman–Crippen MR) is 81.5 cm³/mol. The van der Waals surface area contributed by atoms with E-state index in [0.717, 1.165) is 0 Å². The van der Waals surface area contributed by atoms with Crippen LogP contribution in [0.25, 0.3) is 0 Å². The summed E-state index contributed by atoms with van der Waals surface area (Å²) in [4.78, 5) is 11.6. The van der Waals surface area contributed by atoms with Crippen LogP contribution in [0.5, 0.6) is 0 Å². The second-order valence-corrected chi connectivity index (χ2v) is 7.53. The Morgan fingerprint density at radius 3 is 2.87 bits per heavy atom. The summed E-state index contributed by atoms with van der Waals surface area (Å²) in [5.74, 6) is -0.602. The molecule has 1 saturated heterocycles. The number of aryl methyl sites for hydroxylation is 1. The first-order valence-electron chi connectivity index (χ1n) is 7.26. The molecule has 0 amide bonds. The van der Waals surface area contributed by atoms with Gasteiger partial charge >= 0.3 is 5.97 Å². The molecule has 0 saturated carbocycles. The van der Waals surface area contributed by atoms with E-state index in [0.29, 0.717) is 26.1 Å². The number of esters is 1. The highest BCUT2D eigenvalue weighted by molar-refractivity contribution is 7.89. The van der Waals surface area contributed by atoms with Crippen molar-refractivity contribution in [3.8, 4) is 0 Å². The van der Waals surface area contributed by atoms with E-state index in [1.165, 1.54) is 23.9 Å². The monoisotopic (exact) mass is 346 g/mol. The summed E-state index contributed by atoms with van der Waals surface area (Å²) in [5.41, 5.74) is -0.232. The molecular formula is C14H22N2O6S. The predicted octanol–water partition coefficient (Wildman–Crippen LogP) is -0.121. The maximum absolute atomic E-state index is 12.4. The van der Waals surface area contributed by atoms with Crippen LogP contribution in [-0.4, -0.2) is 57.5 Å². The first-order chi connectivity index (χ1) is 10.8. The third-order valence-electron chi connectivity index (χ3n) is 4.15. The summed E-state index contributed by atoms with van der Waals surface area (Å²) in [6, 6.07) is 1.28. The van der Waals surface area contributed by atoms with Crippen molar-refractivity contribution in [3.05, 3.63) is 18.0 Å². The van der Waals surface area contributed by atoms with Crippen molar-refractivity contribution in [2.45, 2.75) is 17.7 Å². The number of hydrogen-bond donors (Lipinski definition) is 2. The number of hydrogen-bond acceptors (Lipinski definition) is 6. The van der Waals surface area contributed by atoms with E-state index in [2.05, 4.69) is 9.46 Å². The molecule has 1 atom stereocenters. The number of aliphatic hydroxyl groups is 1. The normalized spacial score (nSPS) is 21.5. The zero-order valence-corrected chi connectivity index (χ0v) is 14.1. The number of sulfonamides is 1. The molecule has 2 rings (SSSR count). The molecule has 0 unspecified atom stereocenters. The Kier molecular flexibility index (Phi) is 5.45. The van der Waals surface area contributed by atoms with Gasteiger partial charge in [0.2, 0.25) is 10.0 Å². The van der Waals surface area contributed by atoms with Gasteiger partial charge in [-0.3, -0.25) is 0 Å². The van der Waals surface area contributed by atoms with Gasteiger partial charge < -0.3 is 19.1 Å². The number of nitrogens with zero attached hydrogens (tertiary/aromatic N) is 1.